The molecule has 0 saturated heterocycles. The maximum Gasteiger partial charge on any atom is 0.264 e. The standard InChI is InChI=1S/C25H22Cl2N2O3/c1-2-21-25(31)29(15-16-8-6-7-11-20(16)27)23(19-14-17(26)12-13-22(19)32-21)24(30)28-18-9-4-3-5-10-18/h3-14,21,23H,2,15H2,1H3,(H,28,30). The van der Waals surface area contributed by atoms with Crippen molar-refractivity contribution in [1.82, 2.24) is 4.90 Å². The summed E-state index contributed by atoms with van der Waals surface area (Å²) in [6.45, 7) is 2.02. The quantitative estimate of drug-likeness (QED) is 0.508. The number of benzene rings is 3. The summed E-state index contributed by atoms with van der Waals surface area (Å²) in [5, 5.41) is 3.89. The zero-order valence-corrected chi connectivity index (χ0v) is 18.9. The molecule has 2 amide bonds. The molecule has 3 aromatic rings. The van der Waals surface area contributed by atoms with Crippen molar-refractivity contribution < 1.29 is 14.3 Å². The van der Waals surface area contributed by atoms with E-state index in [0.29, 0.717) is 33.5 Å². The lowest BCUT2D eigenvalue weighted by Crippen LogP contribution is -2.44. The zero-order valence-electron chi connectivity index (χ0n) is 17.4. The first-order valence-corrected chi connectivity index (χ1v) is 11.1. The van der Waals surface area contributed by atoms with Gasteiger partial charge in [-0.3, -0.25) is 9.59 Å². The number of ether oxygens (including phenoxy) is 1. The molecule has 0 fully saturated rings. The molecule has 5 nitrogen and oxygen atoms in total. The minimum absolute atomic E-state index is 0.150. The van der Waals surface area contributed by atoms with E-state index in [-0.39, 0.29) is 18.4 Å². The Kier molecular flexibility index (Phi) is 6.68. The van der Waals surface area contributed by atoms with E-state index in [4.69, 9.17) is 27.9 Å². The van der Waals surface area contributed by atoms with Crippen LogP contribution in [-0.4, -0.2) is 22.8 Å². The van der Waals surface area contributed by atoms with Crippen molar-refractivity contribution in [3.63, 3.8) is 0 Å². The molecule has 164 valence electrons. The van der Waals surface area contributed by atoms with Gasteiger partial charge in [-0.1, -0.05) is 66.5 Å². The Balaban J connectivity index is 1.82. The number of nitrogens with one attached hydrogen (secondary N) is 1. The molecule has 32 heavy (non-hydrogen) atoms. The number of rotatable bonds is 5. The molecule has 2 atom stereocenters. The maximum atomic E-state index is 13.6. The fraction of sp³-hybridized carbons (Fsp3) is 0.200. The van der Waals surface area contributed by atoms with Crippen LogP contribution in [0.5, 0.6) is 5.75 Å². The van der Waals surface area contributed by atoms with Gasteiger partial charge in [-0.25, -0.2) is 0 Å². The Labute approximate surface area is 196 Å². The molecular formula is C25H22Cl2N2O3. The Morgan fingerprint density at radius 3 is 2.47 bits per heavy atom. The summed E-state index contributed by atoms with van der Waals surface area (Å²) < 4.78 is 6.04. The van der Waals surface area contributed by atoms with E-state index in [0.717, 1.165) is 5.56 Å². The monoisotopic (exact) mass is 468 g/mol. The maximum absolute atomic E-state index is 13.6. The molecule has 0 spiro atoms. The lowest BCUT2D eigenvalue weighted by molar-refractivity contribution is -0.144. The minimum Gasteiger partial charge on any atom is -0.480 e. The van der Waals surface area contributed by atoms with Crippen LogP contribution in [0.4, 0.5) is 5.69 Å². The third-order valence-corrected chi connectivity index (χ3v) is 5.97. The molecule has 2 unspecified atom stereocenters. The molecule has 0 aromatic heterocycles. The van der Waals surface area contributed by atoms with Gasteiger partial charge in [-0.2, -0.15) is 0 Å². The van der Waals surface area contributed by atoms with Crippen LogP contribution in [0.1, 0.15) is 30.5 Å². The Hall–Kier alpha value is -3.02. The van der Waals surface area contributed by atoms with Crippen molar-refractivity contribution in [1.29, 1.82) is 0 Å². The number of hydrogen-bond donors (Lipinski definition) is 1. The van der Waals surface area contributed by atoms with Crippen LogP contribution < -0.4 is 10.1 Å². The van der Waals surface area contributed by atoms with Gasteiger partial charge in [0.1, 0.15) is 11.8 Å². The smallest absolute Gasteiger partial charge is 0.264 e. The van der Waals surface area contributed by atoms with E-state index in [2.05, 4.69) is 5.32 Å². The summed E-state index contributed by atoms with van der Waals surface area (Å²) in [6.07, 6.45) is -0.278. The van der Waals surface area contributed by atoms with Gasteiger partial charge >= 0.3 is 0 Å². The summed E-state index contributed by atoms with van der Waals surface area (Å²) >= 11 is 12.7. The van der Waals surface area contributed by atoms with Crippen molar-refractivity contribution in [3.05, 3.63) is 94.0 Å². The predicted molar refractivity (Wildman–Crippen MR) is 126 cm³/mol. The molecule has 0 aliphatic carbocycles. The highest BCUT2D eigenvalue weighted by Gasteiger charge is 2.40. The van der Waals surface area contributed by atoms with E-state index in [1.54, 1.807) is 36.4 Å². The molecule has 1 N–H and O–H groups in total. The van der Waals surface area contributed by atoms with E-state index < -0.39 is 12.1 Å². The highest BCUT2D eigenvalue weighted by Crippen LogP contribution is 2.38. The van der Waals surface area contributed by atoms with Crippen LogP contribution in [0.25, 0.3) is 0 Å². The van der Waals surface area contributed by atoms with Gasteiger partial charge in [0.25, 0.3) is 11.8 Å². The summed E-state index contributed by atoms with van der Waals surface area (Å²) in [7, 11) is 0. The van der Waals surface area contributed by atoms with Crippen molar-refractivity contribution in [3.8, 4) is 5.75 Å². The number of anilines is 1. The number of amides is 2. The average Bonchev–Trinajstić information content (AvgIpc) is 2.90. The lowest BCUT2D eigenvalue weighted by atomic mass is 10.0. The molecule has 7 heteroatoms. The Bertz CT molecular complexity index is 1140. The average molecular weight is 469 g/mol. The van der Waals surface area contributed by atoms with Gasteiger partial charge in [-0.05, 0) is 48.4 Å². The van der Waals surface area contributed by atoms with E-state index in [9.17, 15) is 9.59 Å². The van der Waals surface area contributed by atoms with Crippen LogP contribution >= 0.6 is 23.2 Å². The van der Waals surface area contributed by atoms with Crippen molar-refractivity contribution in [2.45, 2.75) is 32.0 Å². The van der Waals surface area contributed by atoms with Gasteiger partial charge in [0.05, 0.1) is 0 Å². The van der Waals surface area contributed by atoms with Crippen LogP contribution in [-0.2, 0) is 16.1 Å². The predicted octanol–water partition coefficient (Wildman–Crippen LogP) is 5.87. The first-order chi connectivity index (χ1) is 15.5. The molecule has 0 saturated carbocycles. The lowest BCUT2D eigenvalue weighted by Gasteiger charge is -2.31. The molecule has 0 bridgehead atoms. The first-order valence-electron chi connectivity index (χ1n) is 10.3. The second-order valence-electron chi connectivity index (χ2n) is 7.51. The van der Waals surface area contributed by atoms with E-state index >= 15 is 0 Å². The van der Waals surface area contributed by atoms with Crippen LogP contribution in [0.3, 0.4) is 0 Å². The largest absolute Gasteiger partial charge is 0.480 e. The molecule has 0 radical (unpaired) electrons. The highest BCUT2D eigenvalue weighted by atomic mass is 35.5. The third-order valence-electron chi connectivity index (χ3n) is 5.36. The number of carbonyl (C=O) groups is 2. The number of halogens is 2. The third kappa shape index (κ3) is 4.59. The number of fused-ring (bicyclic) bond motifs is 1. The fourth-order valence-electron chi connectivity index (χ4n) is 3.78. The molecule has 1 aliphatic rings. The number of para-hydroxylation sites is 1. The van der Waals surface area contributed by atoms with Crippen molar-refractivity contribution >= 4 is 40.7 Å². The van der Waals surface area contributed by atoms with Crippen molar-refractivity contribution in [2.75, 3.05) is 5.32 Å². The van der Waals surface area contributed by atoms with Gasteiger partial charge in [0.2, 0.25) is 0 Å². The second-order valence-corrected chi connectivity index (χ2v) is 8.36. The Morgan fingerprint density at radius 2 is 1.75 bits per heavy atom. The number of hydrogen-bond acceptors (Lipinski definition) is 3. The normalized spacial score (nSPS) is 17.8. The summed E-state index contributed by atoms with van der Waals surface area (Å²) in [5.41, 5.74) is 1.89. The fourth-order valence-corrected chi connectivity index (χ4v) is 4.15. The van der Waals surface area contributed by atoms with E-state index in [1.165, 1.54) is 4.90 Å². The number of carbonyl (C=O) groups excluding carboxylic acids is 2. The molecule has 1 aliphatic heterocycles. The molecular weight excluding hydrogens is 447 g/mol. The highest BCUT2D eigenvalue weighted by molar-refractivity contribution is 6.31. The topological polar surface area (TPSA) is 58.6 Å². The van der Waals surface area contributed by atoms with Gasteiger partial charge < -0.3 is 15.0 Å². The number of nitrogens with zero attached hydrogens (tertiary/aromatic N) is 1. The second kappa shape index (κ2) is 9.63. The van der Waals surface area contributed by atoms with Crippen LogP contribution in [0.15, 0.2) is 72.8 Å². The SMILES string of the molecule is CCC1Oc2ccc(Cl)cc2C(C(=O)Nc2ccccc2)N(Cc2ccccc2Cl)C1=O. The van der Waals surface area contributed by atoms with Crippen molar-refractivity contribution in [2.24, 2.45) is 0 Å². The van der Waals surface area contributed by atoms with Crippen LogP contribution in [0.2, 0.25) is 10.0 Å². The van der Waals surface area contributed by atoms with Crippen LogP contribution in [0, 0.1) is 0 Å². The summed E-state index contributed by atoms with van der Waals surface area (Å²) in [6, 6.07) is 20.5. The first kappa shape index (κ1) is 22.2. The Morgan fingerprint density at radius 1 is 1.03 bits per heavy atom. The minimum atomic E-state index is -0.954. The zero-order chi connectivity index (χ0) is 22.7. The molecule has 4 rings (SSSR count). The molecule has 1 heterocycles. The van der Waals surface area contributed by atoms with Gasteiger partial charge in [-0.15, -0.1) is 0 Å². The summed E-state index contributed by atoms with van der Waals surface area (Å²) in [4.78, 5) is 28.7. The summed E-state index contributed by atoms with van der Waals surface area (Å²) in [5.74, 6) is -0.183. The van der Waals surface area contributed by atoms with Gasteiger partial charge in [0.15, 0.2) is 6.10 Å². The van der Waals surface area contributed by atoms with E-state index in [1.807, 2.05) is 43.3 Å². The molecule has 3 aromatic carbocycles. The van der Waals surface area contributed by atoms with Gasteiger partial charge in [0, 0.05) is 27.8 Å².